The lowest BCUT2D eigenvalue weighted by Gasteiger charge is -2.35. The maximum Gasteiger partial charge on any atom is 0.258 e. The van der Waals surface area contributed by atoms with E-state index in [1.807, 2.05) is 31.2 Å². The fourth-order valence-corrected chi connectivity index (χ4v) is 5.19. The Morgan fingerprint density at radius 2 is 1.92 bits per heavy atom. The van der Waals surface area contributed by atoms with Gasteiger partial charge in [-0.2, -0.15) is 0 Å². The lowest BCUT2D eigenvalue weighted by Crippen LogP contribution is -2.59. The summed E-state index contributed by atoms with van der Waals surface area (Å²) in [5.74, 6) is -1.68. The first-order valence-corrected chi connectivity index (χ1v) is 13.0. The summed E-state index contributed by atoms with van der Waals surface area (Å²) in [5, 5.41) is 15.7. The summed E-state index contributed by atoms with van der Waals surface area (Å²) in [6, 6.07) is 5.90. The quantitative estimate of drug-likeness (QED) is 0.524. The number of β-amino-alcohol motifs (C(OH)–C–C–N with tert-alkyl or cyclic N) is 1. The molecule has 4 rings (SSSR count). The molecule has 8 nitrogen and oxygen atoms in total. The van der Waals surface area contributed by atoms with Crippen molar-refractivity contribution in [3.8, 4) is 10.4 Å². The number of hydrogen-bond donors (Lipinski definition) is 3. The molecule has 0 unspecified atom stereocenters. The van der Waals surface area contributed by atoms with Gasteiger partial charge in [-0.15, -0.1) is 11.3 Å². The van der Waals surface area contributed by atoms with E-state index in [4.69, 9.17) is 0 Å². The van der Waals surface area contributed by atoms with Gasteiger partial charge < -0.3 is 20.6 Å². The van der Waals surface area contributed by atoms with E-state index < -0.39 is 41.1 Å². The van der Waals surface area contributed by atoms with Crippen LogP contribution in [0.4, 0.5) is 4.39 Å². The Kier molecular flexibility index (Phi) is 7.21. The Labute approximate surface area is 214 Å². The number of aromatic nitrogens is 1. The predicted molar refractivity (Wildman–Crippen MR) is 135 cm³/mol. The van der Waals surface area contributed by atoms with Gasteiger partial charge in [-0.1, -0.05) is 45.0 Å². The van der Waals surface area contributed by atoms with Crippen LogP contribution in [0.15, 0.2) is 29.8 Å². The third kappa shape index (κ3) is 5.59. The molecule has 0 bridgehead atoms. The zero-order valence-electron chi connectivity index (χ0n) is 21.0. The number of amides is 3. The molecule has 1 aliphatic heterocycles. The molecule has 1 aliphatic carbocycles. The van der Waals surface area contributed by atoms with Crippen LogP contribution in [0.5, 0.6) is 0 Å². The van der Waals surface area contributed by atoms with Crippen LogP contribution < -0.4 is 10.6 Å². The zero-order valence-corrected chi connectivity index (χ0v) is 21.8. The summed E-state index contributed by atoms with van der Waals surface area (Å²) in [4.78, 5) is 45.6. The van der Waals surface area contributed by atoms with Crippen molar-refractivity contribution in [3.63, 3.8) is 0 Å². The maximum absolute atomic E-state index is 14.3. The van der Waals surface area contributed by atoms with E-state index in [9.17, 15) is 23.9 Å². The third-order valence-corrected chi connectivity index (χ3v) is 7.76. The summed E-state index contributed by atoms with van der Waals surface area (Å²) in [7, 11) is 0. The summed E-state index contributed by atoms with van der Waals surface area (Å²) >= 11 is 1.57. The zero-order chi connectivity index (χ0) is 26.3. The number of hydrogen-bond acceptors (Lipinski definition) is 6. The molecule has 2 heterocycles. The number of nitrogens with zero attached hydrogens (tertiary/aromatic N) is 2. The summed E-state index contributed by atoms with van der Waals surface area (Å²) in [5.41, 5.74) is 2.08. The highest BCUT2D eigenvalue weighted by molar-refractivity contribution is 7.13. The molecule has 3 amide bonds. The molecule has 2 aliphatic rings. The predicted octanol–water partition coefficient (Wildman–Crippen LogP) is 2.73. The van der Waals surface area contributed by atoms with Crippen molar-refractivity contribution >= 4 is 29.1 Å². The second kappa shape index (κ2) is 9.89. The minimum atomic E-state index is -1.92. The molecule has 0 radical (unpaired) electrons. The van der Waals surface area contributed by atoms with Crippen molar-refractivity contribution in [2.45, 2.75) is 77.4 Å². The smallest absolute Gasteiger partial charge is 0.258 e. The number of aryl methyl sites for hydroxylation is 1. The number of carbonyl (C=O) groups excluding carboxylic acids is 3. The molecular weight excluding hydrogens is 483 g/mol. The number of benzene rings is 1. The van der Waals surface area contributed by atoms with Gasteiger partial charge in [0.05, 0.1) is 22.2 Å². The Morgan fingerprint density at radius 3 is 2.47 bits per heavy atom. The highest BCUT2D eigenvalue weighted by atomic mass is 32.1. The monoisotopic (exact) mass is 516 g/mol. The molecule has 3 atom stereocenters. The van der Waals surface area contributed by atoms with Crippen LogP contribution in [0.25, 0.3) is 10.4 Å². The molecule has 2 fully saturated rings. The number of aliphatic hydroxyl groups is 1. The van der Waals surface area contributed by atoms with Crippen LogP contribution in [0.1, 0.15) is 51.3 Å². The van der Waals surface area contributed by atoms with Crippen LogP contribution in [-0.2, 0) is 20.9 Å². The lowest BCUT2D eigenvalue weighted by atomic mass is 9.85. The van der Waals surface area contributed by atoms with E-state index in [0.717, 1.165) is 21.7 Å². The number of rotatable bonds is 7. The number of nitrogens with one attached hydrogen (secondary N) is 2. The Morgan fingerprint density at radius 1 is 1.25 bits per heavy atom. The van der Waals surface area contributed by atoms with Gasteiger partial charge in [-0.25, -0.2) is 9.37 Å². The number of halogens is 1. The molecular formula is C26H33FN4O4S. The summed E-state index contributed by atoms with van der Waals surface area (Å²) in [6.07, 6.45) is -0.484. The van der Waals surface area contributed by atoms with E-state index in [-0.39, 0.29) is 38.3 Å². The molecule has 1 aromatic carbocycles. The normalized spacial score (nSPS) is 21.7. The van der Waals surface area contributed by atoms with Gasteiger partial charge >= 0.3 is 0 Å². The Bertz CT molecular complexity index is 1140. The first kappa shape index (κ1) is 26.2. The molecule has 1 saturated heterocycles. The average molecular weight is 517 g/mol. The van der Waals surface area contributed by atoms with Crippen LogP contribution in [0.3, 0.4) is 0 Å². The molecule has 194 valence electrons. The van der Waals surface area contributed by atoms with Crippen molar-refractivity contribution < 1.29 is 23.9 Å². The highest BCUT2D eigenvalue weighted by Crippen LogP contribution is 2.40. The number of alkyl halides is 1. The van der Waals surface area contributed by atoms with E-state index in [2.05, 4.69) is 15.6 Å². The van der Waals surface area contributed by atoms with Gasteiger partial charge in [0.25, 0.3) is 5.91 Å². The first-order valence-electron chi connectivity index (χ1n) is 12.1. The summed E-state index contributed by atoms with van der Waals surface area (Å²) in [6.45, 7) is 7.51. The van der Waals surface area contributed by atoms with Crippen molar-refractivity contribution in [3.05, 3.63) is 41.0 Å². The van der Waals surface area contributed by atoms with Gasteiger partial charge in [-0.05, 0) is 36.3 Å². The van der Waals surface area contributed by atoms with Gasteiger partial charge in [0.15, 0.2) is 5.67 Å². The number of carbonyl (C=O) groups is 3. The van der Waals surface area contributed by atoms with E-state index in [1.54, 1.807) is 37.6 Å². The van der Waals surface area contributed by atoms with Gasteiger partial charge in [0, 0.05) is 19.5 Å². The topological polar surface area (TPSA) is 112 Å². The van der Waals surface area contributed by atoms with Crippen molar-refractivity contribution in [1.29, 1.82) is 0 Å². The second-order valence-corrected chi connectivity index (χ2v) is 11.7. The molecule has 10 heteroatoms. The van der Waals surface area contributed by atoms with Crippen LogP contribution >= 0.6 is 11.3 Å². The van der Waals surface area contributed by atoms with Crippen molar-refractivity contribution in [2.75, 3.05) is 6.54 Å². The van der Waals surface area contributed by atoms with Crippen molar-refractivity contribution in [1.82, 2.24) is 20.5 Å². The largest absolute Gasteiger partial charge is 0.391 e. The third-order valence-electron chi connectivity index (χ3n) is 6.78. The van der Waals surface area contributed by atoms with Crippen LogP contribution in [-0.4, -0.2) is 63.1 Å². The molecule has 1 aromatic heterocycles. The first-order chi connectivity index (χ1) is 16.9. The van der Waals surface area contributed by atoms with E-state index >= 15 is 0 Å². The fourth-order valence-electron chi connectivity index (χ4n) is 4.38. The molecule has 0 spiro atoms. The SMILES string of the molecule is Cc1ncsc1-c1ccc(CNC(=O)[C@@H]2C[C@@H](O)CN2C(=O)[C@@H](NC(=O)C2(F)CC2)C(C)(C)C)cc1. The Balaban J connectivity index is 1.42. The van der Waals surface area contributed by atoms with E-state index in [1.165, 1.54) is 4.90 Å². The van der Waals surface area contributed by atoms with Gasteiger partial charge in [0.1, 0.15) is 12.1 Å². The summed E-state index contributed by atoms with van der Waals surface area (Å²) < 4.78 is 14.3. The maximum atomic E-state index is 14.3. The number of likely N-dealkylation sites (tertiary alicyclic amines) is 1. The second-order valence-electron chi connectivity index (χ2n) is 10.8. The minimum absolute atomic E-state index is 0.0248. The van der Waals surface area contributed by atoms with Crippen molar-refractivity contribution in [2.24, 2.45) is 5.41 Å². The lowest BCUT2D eigenvalue weighted by molar-refractivity contribution is -0.145. The van der Waals surface area contributed by atoms with Crippen LogP contribution in [0.2, 0.25) is 0 Å². The Hall–Kier alpha value is -2.85. The standard InChI is InChI=1S/C26H33FN4O4S/c1-15-20(36-14-29-15)17-7-5-16(6-8-17)12-28-22(33)19-11-18(32)13-31(19)23(34)21(25(2,3)4)30-24(35)26(27)9-10-26/h5-8,14,18-19,21,32H,9-13H2,1-4H3,(H,28,33)(H,30,35)/t18-,19+,21-/m1/s1. The highest BCUT2D eigenvalue weighted by Gasteiger charge is 2.53. The fraction of sp³-hybridized carbons (Fsp3) is 0.538. The number of aliphatic hydroxyl groups excluding tert-OH is 1. The average Bonchev–Trinajstić information content (AvgIpc) is 3.23. The van der Waals surface area contributed by atoms with Gasteiger partial charge in [0.2, 0.25) is 11.8 Å². The molecule has 2 aromatic rings. The minimum Gasteiger partial charge on any atom is -0.391 e. The van der Waals surface area contributed by atoms with E-state index in [0.29, 0.717) is 0 Å². The van der Waals surface area contributed by atoms with Crippen LogP contribution in [0, 0.1) is 12.3 Å². The molecule has 36 heavy (non-hydrogen) atoms. The number of thiazole rings is 1. The molecule has 3 N–H and O–H groups in total. The molecule has 1 saturated carbocycles. The van der Waals surface area contributed by atoms with Gasteiger partial charge in [-0.3, -0.25) is 14.4 Å².